The maximum atomic E-state index is 11.9. The average Bonchev–Trinajstić information content (AvgIpc) is 2.85. The lowest BCUT2D eigenvalue weighted by Crippen LogP contribution is -2.32. The summed E-state index contributed by atoms with van der Waals surface area (Å²) in [6.45, 7) is -9.22. The molecule has 8 heteroatoms. The molecule has 0 aromatic heterocycles. The summed E-state index contributed by atoms with van der Waals surface area (Å²) in [4.78, 5) is -0.477. The highest BCUT2D eigenvalue weighted by atomic mass is 32.2. The third-order valence-corrected chi connectivity index (χ3v) is 4.21. The minimum absolute atomic E-state index is 0.120. The Morgan fingerprint density at radius 1 is 1.25 bits per heavy atom. The van der Waals surface area contributed by atoms with Crippen molar-refractivity contribution in [3.05, 3.63) is 47.9 Å². The first kappa shape index (κ1) is 9.96. The van der Waals surface area contributed by atoms with E-state index in [2.05, 4.69) is 5.32 Å². The van der Waals surface area contributed by atoms with Crippen molar-refractivity contribution < 1.29 is 40.4 Å². The van der Waals surface area contributed by atoms with Gasteiger partial charge in [-0.3, -0.25) is 0 Å². The molecule has 0 spiro atoms. The van der Waals surface area contributed by atoms with Crippen molar-refractivity contribution in [1.82, 2.24) is 5.32 Å². The van der Waals surface area contributed by atoms with Crippen molar-refractivity contribution in [2.45, 2.75) is 31.1 Å². The third-order valence-electron chi connectivity index (χ3n) is 3.28. The number of hydrogen-bond acceptors (Lipinski definition) is 6. The van der Waals surface area contributed by atoms with Gasteiger partial charge in [-0.1, -0.05) is 18.2 Å². The van der Waals surface area contributed by atoms with Crippen molar-refractivity contribution >= 4 is 10.0 Å². The lowest BCUT2D eigenvalue weighted by atomic mass is 10.1. The van der Waals surface area contributed by atoms with Gasteiger partial charge in [0.1, 0.15) is 17.2 Å². The van der Waals surface area contributed by atoms with Gasteiger partial charge in [-0.05, 0) is 49.9 Å². The van der Waals surface area contributed by atoms with Gasteiger partial charge in [0.15, 0.2) is 11.5 Å². The molecule has 0 saturated carbocycles. The number of para-hydroxylation sites is 2. The van der Waals surface area contributed by atoms with Gasteiger partial charge in [-0.25, -0.2) is 13.6 Å². The average molecular weight is 422 g/mol. The second-order valence-electron chi connectivity index (χ2n) is 5.27. The van der Waals surface area contributed by atoms with E-state index in [4.69, 9.17) is 37.2 Å². The summed E-state index contributed by atoms with van der Waals surface area (Å²) in [5.41, 5.74) is -0.149. The quantitative estimate of drug-likeness (QED) is 0.578. The second kappa shape index (κ2) is 10.3. The Morgan fingerprint density at radius 3 is 2.61 bits per heavy atom. The van der Waals surface area contributed by atoms with Crippen LogP contribution in [0.3, 0.4) is 0 Å². The molecule has 0 fully saturated rings. The Kier molecular flexibility index (Phi) is 3.66. The Labute approximate surface area is 185 Å². The predicted molar refractivity (Wildman–Crippen MR) is 109 cm³/mol. The second-order valence-corrected chi connectivity index (χ2v) is 6.80. The topological polar surface area (TPSA) is 99.9 Å². The molecule has 0 heterocycles. The molecule has 0 aliphatic heterocycles. The number of hydrogen-bond donors (Lipinski definition) is 2. The zero-order valence-electron chi connectivity index (χ0n) is 28.0. The number of methoxy groups -OCH3 is 1. The highest BCUT2D eigenvalue weighted by molar-refractivity contribution is 7.89. The van der Waals surface area contributed by atoms with Crippen LogP contribution in [0.4, 0.5) is 0 Å². The van der Waals surface area contributed by atoms with Gasteiger partial charge >= 0.3 is 0 Å². The molecular weight excluding hydrogens is 380 g/mol. The van der Waals surface area contributed by atoms with E-state index in [-0.39, 0.29) is 11.3 Å². The van der Waals surface area contributed by atoms with E-state index < -0.39 is 89.5 Å². The first-order chi connectivity index (χ1) is 18.4. The standard InChI is InChI=1S/C20H28N2O5S/c1-4-26-17-7-5-6-8-18(17)27-12-11-22-15(2)13-16-9-10-19(25-3)20(14-16)28(21,23)24/h5-10,14-15,22H,4,11-13H2,1-3H3,(H2,21,23,24)/t15-/m1/s1/i1D3,4D2,5D,6D,7D,8D,12D2,13D2. The van der Waals surface area contributed by atoms with Gasteiger partial charge in [-0.15, -0.1) is 0 Å². The summed E-state index contributed by atoms with van der Waals surface area (Å²) in [6, 6.07) is -1.63. The molecule has 3 N–H and O–H groups in total. The van der Waals surface area contributed by atoms with E-state index in [9.17, 15) is 8.42 Å². The lowest BCUT2D eigenvalue weighted by molar-refractivity contribution is 0.272. The minimum atomic E-state index is -4.29. The summed E-state index contributed by atoms with van der Waals surface area (Å²) < 4.78 is 141. The Bertz CT molecular complexity index is 1400. The largest absolute Gasteiger partial charge is 0.495 e. The zero-order chi connectivity index (χ0) is 31.9. The molecule has 0 aliphatic rings. The lowest BCUT2D eigenvalue weighted by Gasteiger charge is -2.16. The van der Waals surface area contributed by atoms with Crippen LogP contribution >= 0.6 is 0 Å². The highest BCUT2D eigenvalue weighted by Gasteiger charge is 2.16. The van der Waals surface area contributed by atoms with Gasteiger partial charge in [-0.2, -0.15) is 0 Å². The van der Waals surface area contributed by atoms with Crippen LogP contribution < -0.4 is 24.7 Å². The molecule has 0 unspecified atom stereocenters. The number of nitrogens with one attached hydrogen (secondary N) is 1. The SMILES string of the molecule is [2H]c1c([2H])c([2H])c(OC([2H])([2H])C([2H])([2H])[2H])c(OC([2H])([2H])CN[C@H](C)C([2H])([2H])c2ccc(OC)c(S(N)(=O)=O)c2)c1[2H]. The van der Waals surface area contributed by atoms with Crippen LogP contribution in [0.25, 0.3) is 0 Å². The molecule has 0 aliphatic carbocycles. The molecule has 1 atom stereocenters. The fourth-order valence-corrected chi connectivity index (χ4v) is 2.80. The molecule has 2 aromatic rings. The summed E-state index contributed by atoms with van der Waals surface area (Å²) in [6.07, 6.45) is -2.33. The van der Waals surface area contributed by atoms with E-state index in [1.54, 1.807) is 0 Å². The van der Waals surface area contributed by atoms with E-state index in [0.717, 1.165) is 6.07 Å². The van der Waals surface area contributed by atoms with Gasteiger partial charge in [0.25, 0.3) is 0 Å². The third kappa shape index (κ3) is 6.40. The minimum Gasteiger partial charge on any atom is -0.495 e. The van der Waals surface area contributed by atoms with E-state index in [1.807, 2.05) is 0 Å². The van der Waals surface area contributed by atoms with Gasteiger partial charge in [0.05, 0.1) is 24.6 Å². The summed E-state index contributed by atoms with van der Waals surface area (Å²) in [7, 11) is -3.09. The predicted octanol–water partition coefficient (Wildman–Crippen LogP) is 2.34. The number of benzene rings is 2. The molecule has 0 bridgehead atoms. The molecule has 0 amide bonds. The van der Waals surface area contributed by atoms with Crippen LogP contribution in [0, 0.1) is 0 Å². The fourth-order valence-electron chi connectivity index (χ4n) is 2.08. The van der Waals surface area contributed by atoms with Crippen molar-refractivity contribution in [2.75, 3.05) is 26.8 Å². The van der Waals surface area contributed by atoms with Crippen LogP contribution in [-0.2, 0) is 16.4 Å². The summed E-state index contributed by atoms with van der Waals surface area (Å²) >= 11 is 0. The number of nitrogens with two attached hydrogens (primary N) is 1. The smallest absolute Gasteiger partial charge is 0.241 e. The van der Waals surface area contributed by atoms with Gasteiger partial charge in [0.2, 0.25) is 10.0 Å². The van der Waals surface area contributed by atoms with E-state index >= 15 is 0 Å². The number of ether oxygens (including phenoxy) is 3. The zero-order valence-corrected chi connectivity index (χ0v) is 15.9. The maximum Gasteiger partial charge on any atom is 0.241 e. The number of primary sulfonamides is 1. The molecule has 2 rings (SSSR count). The molecule has 154 valence electrons. The van der Waals surface area contributed by atoms with Crippen LogP contribution in [-0.4, -0.2) is 41.2 Å². The van der Waals surface area contributed by atoms with Crippen molar-refractivity contribution in [2.24, 2.45) is 5.14 Å². The van der Waals surface area contributed by atoms with Gasteiger partial charge < -0.3 is 19.5 Å². The van der Waals surface area contributed by atoms with E-state index in [0.29, 0.717) is 0 Å². The van der Waals surface area contributed by atoms with Crippen LogP contribution in [0.2, 0.25) is 0 Å². The van der Waals surface area contributed by atoms with Crippen LogP contribution in [0.1, 0.15) is 37.2 Å². The molecule has 0 radical (unpaired) electrons. The number of rotatable bonds is 11. The normalized spacial score (nSPS) is 21.2. The summed E-state index contributed by atoms with van der Waals surface area (Å²) in [5.74, 6) is -2.22. The van der Waals surface area contributed by atoms with Crippen LogP contribution in [0.15, 0.2) is 47.3 Å². The molecule has 2 aromatic carbocycles. The molecule has 7 nitrogen and oxygen atoms in total. The van der Waals surface area contributed by atoms with Crippen molar-refractivity contribution in [3.63, 3.8) is 0 Å². The maximum absolute atomic E-state index is 11.9. The Balaban J connectivity index is 2.39. The van der Waals surface area contributed by atoms with Crippen molar-refractivity contribution in [3.8, 4) is 17.2 Å². The van der Waals surface area contributed by atoms with Crippen LogP contribution in [0.5, 0.6) is 17.2 Å². The fraction of sp³-hybridized carbons (Fsp3) is 0.400. The Morgan fingerprint density at radius 2 is 1.96 bits per heavy atom. The molecule has 0 saturated heterocycles. The monoisotopic (exact) mass is 421 g/mol. The first-order valence-corrected chi connectivity index (χ1v) is 9.35. The van der Waals surface area contributed by atoms with Crippen molar-refractivity contribution in [1.29, 1.82) is 0 Å². The Hall–Kier alpha value is -2.29. The highest BCUT2D eigenvalue weighted by Crippen LogP contribution is 2.26. The number of sulfonamides is 1. The molecular formula is C20H28N2O5S. The summed E-state index contributed by atoms with van der Waals surface area (Å²) in [5, 5.41) is 7.73. The van der Waals surface area contributed by atoms with Gasteiger partial charge in [0, 0.05) is 19.4 Å². The first-order valence-electron chi connectivity index (χ1n) is 14.3. The van der Waals surface area contributed by atoms with E-state index in [1.165, 1.54) is 26.2 Å². The molecule has 28 heavy (non-hydrogen) atoms.